The molecule has 1 fully saturated rings. The summed E-state index contributed by atoms with van der Waals surface area (Å²) in [5.74, 6) is -1.06. The number of carbonyl (C=O) groups excluding carboxylic acids is 1. The van der Waals surface area contributed by atoms with Gasteiger partial charge in [-0.2, -0.15) is 0 Å². The molecule has 0 atom stereocenters. The molecule has 1 rings (SSSR count). The lowest BCUT2D eigenvalue weighted by atomic mass is 10.1. The van der Waals surface area contributed by atoms with Crippen LogP contribution in [0.3, 0.4) is 0 Å². The summed E-state index contributed by atoms with van der Waals surface area (Å²) in [6.45, 7) is 1.27. The molecule has 0 aromatic heterocycles. The second kappa shape index (κ2) is 6.17. The normalized spacial score (nSPS) is 18.3. The highest BCUT2D eigenvalue weighted by Gasteiger charge is 2.20. The summed E-state index contributed by atoms with van der Waals surface area (Å²) >= 11 is 0. The molecular weight excluding hydrogens is 232 g/mol. The number of nitrogens with one attached hydrogen (secondary N) is 1. The molecule has 0 aromatic rings. The van der Waals surface area contributed by atoms with Crippen LogP contribution in [0.2, 0.25) is 0 Å². The van der Waals surface area contributed by atoms with Gasteiger partial charge in [0.25, 0.3) is 0 Å². The molecule has 0 bridgehead atoms. The summed E-state index contributed by atoms with van der Waals surface area (Å²) in [7, 11) is -3.35. The summed E-state index contributed by atoms with van der Waals surface area (Å²) in [6.07, 6.45) is 1.48. The van der Waals surface area contributed by atoms with Crippen molar-refractivity contribution >= 4 is 15.7 Å². The van der Waals surface area contributed by atoms with E-state index in [0.29, 0.717) is 13.2 Å². The van der Waals surface area contributed by atoms with E-state index in [0.717, 1.165) is 12.8 Å². The maximum atomic E-state index is 11.4. The van der Waals surface area contributed by atoms with Crippen molar-refractivity contribution in [3.05, 3.63) is 0 Å². The lowest BCUT2D eigenvalue weighted by Gasteiger charge is -2.22. The van der Waals surface area contributed by atoms with Gasteiger partial charge >= 0.3 is 0 Å². The molecule has 6 nitrogen and oxygen atoms in total. The molecule has 0 unspecified atom stereocenters. The van der Waals surface area contributed by atoms with Gasteiger partial charge in [-0.25, -0.2) is 8.42 Å². The third-order valence-corrected chi connectivity index (χ3v) is 3.93. The number of carbonyl (C=O) groups is 1. The molecule has 1 heterocycles. The van der Waals surface area contributed by atoms with Crippen LogP contribution >= 0.6 is 0 Å². The van der Waals surface area contributed by atoms with Crippen molar-refractivity contribution in [1.29, 1.82) is 0 Å². The topological polar surface area (TPSA) is 98.5 Å². The van der Waals surface area contributed by atoms with E-state index in [1.54, 1.807) is 0 Å². The van der Waals surface area contributed by atoms with Crippen LogP contribution in [0.1, 0.15) is 12.8 Å². The lowest BCUT2D eigenvalue weighted by Crippen LogP contribution is -2.42. The molecule has 1 aliphatic heterocycles. The number of hydrogen-bond acceptors (Lipinski definition) is 5. The summed E-state index contributed by atoms with van der Waals surface area (Å²) in [4.78, 5) is 11.4. The molecule has 0 saturated carbocycles. The van der Waals surface area contributed by atoms with E-state index in [4.69, 9.17) is 10.5 Å². The quantitative estimate of drug-likeness (QED) is 0.629. The minimum absolute atomic E-state index is 0.0364. The summed E-state index contributed by atoms with van der Waals surface area (Å²) < 4.78 is 27.8. The highest BCUT2D eigenvalue weighted by molar-refractivity contribution is 7.92. The van der Waals surface area contributed by atoms with Crippen LogP contribution < -0.4 is 11.1 Å². The first-order chi connectivity index (χ1) is 7.53. The Kier molecular flexibility index (Phi) is 5.17. The van der Waals surface area contributed by atoms with Crippen molar-refractivity contribution in [2.24, 2.45) is 5.73 Å². The first kappa shape index (κ1) is 13.4. The Morgan fingerprint density at radius 2 is 2.00 bits per heavy atom. The highest BCUT2D eigenvalue weighted by atomic mass is 32.2. The predicted octanol–water partition coefficient (Wildman–Crippen LogP) is -1.34. The third-order valence-electron chi connectivity index (χ3n) is 2.37. The van der Waals surface area contributed by atoms with E-state index in [-0.39, 0.29) is 18.3 Å². The van der Waals surface area contributed by atoms with Crippen molar-refractivity contribution in [3.63, 3.8) is 0 Å². The molecular formula is C9H18N2O4S. The Morgan fingerprint density at radius 1 is 1.38 bits per heavy atom. The monoisotopic (exact) mass is 250 g/mol. The Bertz CT molecular complexity index is 322. The van der Waals surface area contributed by atoms with Gasteiger partial charge in [-0.3, -0.25) is 4.79 Å². The number of rotatable bonds is 5. The largest absolute Gasteiger partial charge is 0.381 e. The first-order valence-electron chi connectivity index (χ1n) is 5.31. The van der Waals surface area contributed by atoms with Gasteiger partial charge < -0.3 is 15.8 Å². The van der Waals surface area contributed by atoms with Crippen LogP contribution in [0, 0.1) is 0 Å². The second-order valence-corrected chi connectivity index (χ2v) is 6.02. The van der Waals surface area contributed by atoms with Gasteiger partial charge in [-0.15, -0.1) is 0 Å². The average molecular weight is 250 g/mol. The second-order valence-electron chi connectivity index (χ2n) is 3.83. The standard InChI is InChI=1S/C9H18N2O4S/c10-3-6-16(13,14)7-9(12)11-8-1-4-15-5-2-8/h8H,1-7,10H2,(H,11,12). The molecule has 0 aliphatic carbocycles. The maximum absolute atomic E-state index is 11.4. The maximum Gasteiger partial charge on any atom is 0.235 e. The van der Waals surface area contributed by atoms with Crippen LogP contribution in [0.4, 0.5) is 0 Å². The average Bonchev–Trinajstić information content (AvgIpc) is 2.17. The van der Waals surface area contributed by atoms with Gasteiger partial charge in [-0.05, 0) is 12.8 Å². The Morgan fingerprint density at radius 3 is 2.56 bits per heavy atom. The molecule has 1 amide bonds. The number of amides is 1. The van der Waals surface area contributed by atoms with Crippen LogP contribution in [-0.2, 0) is 19.4 Å². The molecule has 0 aromatic carbocycles. The SMILES string of the molecule is NCCS(=O)(=O)CC(=O)NC1CCOCC1. The Labute approximate surface area is 95.4 Å². The zero-order valence-corrected chi connectivity index (χ0v) is 9.96. The number of ether oxygens (including phenoxy) is 1. The molecule has 1 saturated heterocycles. The zero-order chi connectivity index (χ0) is 12.0. The molecule has 94 valence electrons. The van der Waals surface area contributed by atoms with Crippen molar-refractivity contribution in [1.82, 2.24) is 5.32 Å². The summed E-state index contributed by atoms with van der Waals surface area (Å²) in [5, 5.41) is 2.69. The number of sulfone groups is 1. The molecule has 1 aliphatic rings. The number of hydrogen-bond donors (Lipinski definition) is 2. The smallest absolute Gasteiger partial charge is 0.235 e. The lowest BCUT2D eigenvalue weighted by molar-refractivity contribution is -0.119. The molecule has 0 spiro atoms. The van der Waals surface area contributed by atoms with Crippen molar-refractivity contribution < 1.29 is 17.9 Å². The van der Waals surface area contributed by atoms with Crippen molar-refractivity contribution in [2.45, 2.75) is 18.9 Å². The van der Waals surface area contributed by atoms with Gasteiger partial charge in [0.1, 0.15) is 5.75 Å². The van der Waals surface area contributed by atoms with Gasteiger partial charge in [0.15, 0.2) is 9.84 Å². The molecule has 0 radical (unpaired) electrons. The van der Waals surface area contributed by atoms with E-state index < -0.39 is 21.5 Å². The summed E-state index contributed by atoms with van der Waals surface area (Å²) in [6, 6.07) is 0.0364. The Balaban J connectivity index is 2.34. The highest BCUT2D eigenvalue weighted by Crippen LogP contribution is 2.06. The van der Waals surface area contributed by atoms with E-state index in [1.165, 1.54) is 0 Å². The predicted molar refractivity (Wildman–Crippen MR) is 59.7 cm³/mol. The van der Waals surface area contributed by atoms with Crippen molar-refractivity contribution in [3.8, 4) is 0 Å². The van der Waals surface area contributed by atoms with Gasteiger partial charge in [0.2, 0.25) is 5.91 Å². The van der Waals surface area contributed by atoms with Crippen LogP contribution in [0.15, 0.2) is 0 Å². The fourth-order valence-electron chi connectivity index (χ4n) is 1.56. The first-order valence-corrected chi connectivity index (χ1v) is 7.13. The van der Waals surface area contributed by atoms with Gasteiger partial charge in [0, 0.05) is 25.8 Å². The van der Waals surface area contributed by atoms with E-state index >= 15 is 0 Å². The fraction of sp³-hybridized carbons (Fsp3) is 0.889. The van der Waals surface area contributed by atoms with Crippen LogP contribution in [-0.4, -0.2) is 51.6 Å². The minimum atomic E-state index is -3.35. The number of nitrogens with two attached hydrogens (primary N) is 1. The van der Waals surface area contributed by atoms with Crippen LogP contribution in [0.25, 0.3) is 0 Å². The fourth-order valence-corrected chi connectivity index (χ4v) is 2.55. The van der Waals surface area contributed by atoms with E-state index in [9.17, 15) is 13.2 Å². The summed E-state index contributed by atoms with van der Waals surface area (Å²) in [5.41, 5.74) is 5.15. The van der Waals surface area contributed by atoms with Crippen LogP contribution in [0.5, 0.6) is 0 Å². The van der Waals surface area contributed by atoms with Gasteiger partial charge in [-0.1, -0.05) is 0 Å². The van der Waals surface area contributed by atoms with Crippen molar-refractivity contribution in [2.75, 3.05) is 31.3 Å². The Hall–Kier alpha value is -0.660. The molecule has 7 heteroatoms. The minimum Gasteiger partial charge on any atom is -0.381 e. The van der Waals surface area contributed by atoms with Gasteiger partial charge in [0.05, 0.1) is 5.75 Å². The zero-order valence-electron chi connectivity index (χ0n) is 9.15. The molecule has 3 N–H and O–H groups in total. The van der Waals surface area contributed by atoms with E-state index in [1.807, 2.05) is 0 Å². The molecule has 16 heavy (non-hydrogen) atoms. The third kappa shape index (κ3) is 4.91. The van der Waals surface area contributed by atoms with E-state index in [2.05, 4.69) is 5.32 Å².